The van der Waals surface area contributed by atoms with Gasteiger partial charge in [0.1, 0.15) is 6.33 Å². The van der Waals surface area contributed by atoms with Crippen LogP contribution < -0.4 is 10.6 Å². The molecule has 0 spiro atoms. The van der Waals surface area contributed by atoms with Gasteiger partial charge in [-0.3, -0.25) is 4.79 Å². The van der Waals surface area contributed by atoms with Crippen molar-refractivity contribution in [3.05, 3.63) is 24.3 Å². The van der Waals surface area contributed by atoms with Gasteiger partial charge in [-0.15, -0.1) is 0 Å². The minimum Gasteiger partial charge on any atom is -0.344 e. The lowest BCUT2D eigenvalue weighted by Crippen LogP contribution is -2.57. The second kappa shape index (κ2) is 6.38. The van der Waals surface area contributed by atoms with Crippen molar-refractivity contribution in [1.82, 2.24) is 20.6 Å². The van der Waals surface area contributed by atoms with Crippen LogP contribution in [0.1, 0.15) is 31.2 Å². The van der Waals surface area contributed by atoms with Gasteiger partial charge in [-0.05, 0) is 18.4 Å². The molecule has 8 heteroatoms. The molecule has 2 rings (SSSR count). The average Bonchev–Trinajstić information content (AvgIpc) is 2.47. The highest BCUT2D eigenvalue weighted by molar-refractivity contribution is 5.82. The third kappa shape index (κ3) is 3.90. The second-order valence-corrected chi connectivity index (χ2v) is 5.11. The fraction of sp³-hybridized carbons (Fsp3) is 0.615. The average molecular weight is 302 g/mol. The molecule has 21 heavy (non-hydrogen) atoms. The molecule has 0 aromatic carbocycles. The number of aromatic nitrogens is 2. The Bertz CT molecular complexity index is 480. The highest BCUT2D eigenvalue weighted by Crippen LogP contribution is 2.26. The zero-order valence-corrected chi connectivity index (χ0v) is 11.5. The third-order valence-electron chi connectivity index (χ3n) is 3.72. The first kappa shape index (κ1) is 15.7. The van der Waals surface area contributed by atoms with E-state index in [0.717, 1.165) is 5.56 Å². The Morgan fingerprint density at radius 1 is 1.43 bits per heavy atom. The summed E-state index contributed by atoms with van der Waals surface area (Å²) in [6, 6.07) is -0.736. The number of carbonyl (C=O) groups excluding carboxylic acids is 1. The Morgan fingerprint density at radius 3 is 2.67 bits per heavy atom. The van der Waals surface area contributed by atoms with Gasteiger partial charge in [0.05, 0.1) is 0 Å². The minimum absolute atomic E-state index is 0.0208. The van der Waals surface area contributed by atoms with E-state index < -0.39 is 18.1 Å². The maximum atomic E-state index is 12.4. The molecule has 0 aliphatic carbocycles. The molecule has 116 valence electrons. The number of nitrogens with zero attached hydrogens (tertiary/aromatic N) is 2. The number of rotatable bonds is 3. The molecular formula is C13H17F3N4O. The Balaban J connectivity index is 2.08. The standard InChI is InChI=1S/C13H17F3N4O/c1-2-10-11(20-12(21)13(14,15)16)3-8(6-19-10)9-4-17-7-18-5-9/h4-5,7-8,10-11,19H,2-3,6H2,1H3,(H,20,21). The van der Waals surface area contributed by atoms with Gasteiger partial charge in [-0.2, -0.15) is 13.2 Å². The van der Waals surface area contributed by atoms with Crippen LogP contribution in [0.3, 0.4) is 0 Å². The normalized spacial score (nSPS) is 26.4. The van der Waals surface area contributed by atoms with Crippen LogP contribution in [-0.4, -0.2) is 40.7 Å². The van der Waals surface area contributed by atoms with Crippen LogP contribution in [0.15, 0.2) is 18.7 Å². The fourth-order valence-corrected chi connectivity index (χ4v) is 2.60. The first-order valence-electron chi connectivity index (χ1n) is 6.77. The maximum Gasteiger partial charge on any atom is 0.471 e. The van der Waals surface area contributed by atoms with E-state index in [4.69, 9.17) is 0 Å². The molecule has 1 aromatic rings. The summed E-state index contributed by atoms with van der Waals surface area (Å²) >= 11 is 0. The number of piperidine rings is 1. The number of halogens is 3. The van der Waals surface area contributed by atoms with Crippen LogP contribution in [-0.2, 0) is 4.79 Å². The SMILES string of the molecule is CCC1NCC(c2cncnc2)CC1NC(=O)C(F)(F)F. The quantitative estimate of drug-likeness (QED) is 0.885. The van der Waals surface area contributed by atoms with Crippen molar-refractivity contribution in [2.45, 2.75) is 43.9 Å². The lowest BCUT2D eigenvalue weighted by molar-refractivity contribution is -0.174. The molecular weight excluding hydrogens is 285 g/mol. The van der Waals surface area contributed by atoms with Crippen LogP contribution in [0.4, 0.5) is 13.2 Å². The summed E-state index contributed by atoms with van der Waals surface area (Å²) in [7, 11) is 0. The van der Waals surface area contributed by atoms with Crippen molar-refractivity contribution in [1.29, 1.82) is 0 Å². The number of nitrogens with one attached hydrogen (secondary N) is 2. The molecule has 1 amide bonds. The molecule has 2 heterocycles. The molecule has 3 unspecified atom stereocenters. The molecule has 3 atom stereocenters. The summed E-state index contributed by atoms with van der Waals surface area (Å²) in [6.07, 6.45) is 0.905. The van der Waals surface area contributed by atoms with Gasteiger partial charge in [0.2, 0.25) is 0 Å². The Morgan fingerprint density at radius 2 is 2.10 bits per heavy atom. The van der Waals surface area contributed by atoms with Gasteiger partial charge in [-0.1, -0.05) is 6.92 Å². The monoisotopic (exact) mass is 302 g/mol. The number of hydrogen-bond donors (Lipinski definition) is 2. The Hall–Kier alpha value is -1.70. The second-order valence-electron chi connectivity index (χ2n) is 5.11. The van der Waals surface area contributed by atoms with Crippen molar-refractivity contribution < 1.29 is 18.0 Å². The van der Waals surface area contributed by atoms with E-state index in [0.29, 0.717) is 19.4 Å². The van der Waals surface area contributed by atoms with Gasteiger partial charge < -0.3 is 10.6 Å². The van der Waals surface area contributed by atoms with Crippen molar-refractivity contribution >= 4 is 5.91 Å². The zero-order chi connectivity index (χ0) is 15.5. The number of carbonyl (C=O) groups is 1. The molecule has 1 aliphatic heterocycles. The smallest absolute Gasteiger partial charge is 0.344 e. The third-order valence-corrected chi connectivity index (χ3v) is 3.72. The number of amides is 1. The summed E-state index contributed by atoms with van der Waals surface area (Å²) in [5.74, 6) is -1.91. The van der Waals surface area contributed by atoms with E-state index in [9.17, 15) is 18.0 Å². The van der Waals surface area contributed by atoms with Crippen molar-refractivity contribution in [2.75, 3.05) is 6.54 Å². The summed E-state index contributed by atoms with van der Waals surface area (Å²) < 4.78 is 37.2. The topological polar surface area (TPSA) is 66.9 Å². The lowest BCUT2D eigenvalue weighted by atomic mass is 9.85. The molecule has 2 N–H and O–H groups in total. The van der Waals surface area contributed by atoms with E-state index in [1.165, 1.54) is 6.33 Å². The van der Waals surface area contributed by atoms with Crippen LogP contribution in [0.5, 0.6) is 0 Å². The van der Waals surface area contributed by atoms with Crippen LogP contribution in [0.2, 0.25) is 0 Å². The first-order chi connectivity index (χ1) is 9.91. The highest BCUT2D eigenvalue weighted by Gasteiger charge is 2.42. The van der Waals surface area contributed by atoms with Crippen LogP contribution in [0.25, 0.3) is 0 Å². The number of hydrogen-bond acceptors (Lipinski definition) is 4. The molecule has 0 radical (unpaired) electrons. The van der Waals surface area contributed by atoms with E-state index >= 15 is 0 Å². The summed E-state index contributed by atoms with van der Waals surface area (Å²) in [4.78, 5) is 19.0. The Labute approximate surface area is 120 Å². The van der Waals surface area contributed by atoms with Crippen molar-refractivity contribution in [3.8, 4) is 0 Å². The highest BCUT2D eigenvalue weighted by atomic mass is 19.4. The molecule has 0 saturated carbocycles. The largest absolute Gasteiger partial charge is 0.471 e. The maximum absolute atomic E-state index is 12.4. The van der Waals surface area contributed by atoms with Gasteiger partial charge in [0.25, 0.3) is 0 Å². The van der Waals surface area contributed by atoms with Crippen LogP contribution in [0, 0.1) is 0 Å². The lowest BCUT2D eigenvalue weighted by Gasteiger charge is -2.37. The molecule has 1 aliphatic rings. The van der Waals surface area contributed by atoms with Crippen LogP contribution >= 0.6 is 0 Å². The van der Waals surface area contributed by atoms with Crippen molar-refractivity contribution in [2.24, 2.45) is 0 Å². The van der Waals surface area contributed by atoms with E-state index in [-0.39, 0.29) is 12.0 Å². The minimum atomic E-state index is -4.86. The van der Waals surface area contributed by atoms with Gasteiger partial charge in [-0.25, -0.2) is 9.97 Å². The first-order valence-corrected chi connectivity index (χ1v) is 6.77. The fourth-order valence-electron chi connectivity index (χ4n) is 2.60. The van der Waals surface area contributed by atoms with Crippen molar-refractivity contribution in [3.63, 3.8) is 0 Å². The van der Waals surface area contributed by atoms with E-state index in [1.807, 2.05) is 6.92 Å². The molecule has 5 nitrogen and oxygen atoms in total. The molecule has 1 fully saturated rings. The van der Waals surface area contributed by atoms with Gasteiger partial charge in [0.15, 0.2) is 0 Å². The summed E-state index contributed by atoms with van der Waals surface area (Å²) in [5, 5.41) is 5.28. The molecule has 0 bridgehead atoms. The van der Waals surface area contributed by atoms with E-state index in [1.54, 1.807) is 12.4 Å². The van der Waals surface area contributed by atoms with Gasteiger partial charge in [0, 0.05) is 36.9 Å². The summed E-state index contributed by atoms with van der Waals surface area (Å²) in [6.45, 7) is 2.50. The predicted molar refractivity (Wildman–Crippen MR) is 69.5 cm³/mol. The predicted octanol–water partition coefficient (Wildman–Crippen LogP) is 1.38. The molecule has 1 aromatic heterocycles. The Kier molecular flexibility index (Phi) is 4.76. The summed E-state index contributed by atoms with van der Waals surface area (Å²) in [5.41, 5.74) is 0.853. The van der Waals surface area contributed by atoms with Gasteiger partial charge >= 0.3 is 12.1 Å². The zero-order valence-electron chi connectivity index (χ0n) is 11.5. The number of alkyl halides is 3. The molecule has 1 saturated heterocycles. The van der Waals surface area contributed by atoms with E-state index in [2.05, 4.69) is 20.6 Å².